The van der Waals surface area contributed by atoms with Crippen molar-refractivity contribution in [3.8, 4) is 0 Å². The average molecular weight is 505 g/mol. The third-order valence-electron chi connectivity index (χ3n) is 5.46. The first-order valence-electron chi connectivity index (χ1n) is 12.9. The Morgan fingerprint density at radius 1 is 1.00 bits per heavy atom. The standard InChI is InChI=1S/C27H44N4O5/c1-6-8-13-18-29-24(33)23(20-14-11-10-12-15-20)31(19-9-7-2)25(34)21(16-17-22(28)32)30-26(35)36-27(3,4)5/h10-12,14-15,21,23H,6-9,13,16-19H2,1-5H3,(H2,28,32)(H,29,33)(H,30,35). The van der Waals surface area contributed by atoms with Gasteiger partial charge in [-0.2, -0.15) is 0 Å². The van der Waals surface area contributed by atoms with E-state index < -0.39 is 35.6 Å². The number of ether oxygens (including phenoxy) is 1. The van der Waals surface area contributed by atoms with Crippen LogP contribution in [-0.4, -0.2) is 53.4 Å². The van der Waals surface area contributed by atoms with E-state index in [4.69, 9.17) is 10.5 Å². The number of carbonyl (C=O) groups is 4. The minimum atomic E-state index is -1.08. The Bertz CT molecular complexity index is 838. The van der Waals surface area contributed by atoms with Gasteiger partial charge in [0.05, 0.1) is 0 Å². The van der Waals surface area contributed by atoms with Crippen LogP contribution >= 0.6 is 0 Å². The van der Waals surface area contributed by atoms with Crippen LogP contribution in [0.15, 0.2) is 30.3 Å². The molecule has 0 saturated heterocycles. The summed E-state index contributed by atoms with van der Waals surface area (Å²) in [7, 11) is 0. The maximum atomic E-state index is 13.9. The molecule has 2 unspecified atom stereocenters. The Labute approximate surface area is 215 Å². The zero-order chi connectivity index (χ0) is 27.1. The molecule has 0 aliphatic heterocycles. The number of benzene rings is 1. The second-order valence-electron chi connectivity index (χ2n) is 9.90. The quantitative estimate of drug-likeness (QED) is 0.313. The summed E-state index contributed by atoms with van der Waals surface area (Å²) in [6.07, 6.45) is 3.43. The molecule has 2 atom stereocenters. The summed E-state index contributed by atoms with van der Waals surface area (Å²) in [5.74, 6) is -1.34. The van der Waals surface area contributed by atoms with Crippen LogP contribution < -0.4 is 16.4 Å². The predicted molar refractivity (Wildman–Crippen MR) is 140 cm³/mol. The van der Waals surface area contributed by atoms with Crippen molar-refractivity contribution in [3.05, 3.63) is 35.9 Å². The molecule has 0 spiro atoms. The van der Waals surface area contributed by atoms with E-state index in [1.165, 1.54) is 4.90 Å². The number of hydrogen-bond donors (Lipinski definition) is 3. The SMILES string of the molecule is CCCCCNC(=O)C(c1ccccc1)N(CCCC)C(=O)C(CCC(N)=O)NC(=O)OC(C)(C)C. The summed E-state index contributed by atoms with van der Waals surface area (Å²) in [5.41, 5.74) is 5.23. The van der Waals surface area contributed by atoms with Crippen LogP contribution in [0.2, 0.25) is 0 Å². The van der Waals surface area contributed by atoms with Gasteiger partial charge in [-0.25, -0.2) is 4.79 Å². The number of nitrogens with two attached hydrogens (primary N) is 1. The second kappa shape index (κ2) is 15.8. The van der Waals surface area contributed by atoms with Crippen molar-refractivity contribution in [3.63, 3.8) is 0 Å². The molecule has 4 N–H and O–H groups in total. The number of unbranched alkanes of at least 4 members (excludes halogenated alkanes) is 3. The number of rotatable bonds is 15. The van der Waals surface area contributed by atoms with Crippen molar-refractivity contribution in [2.45, 2.75) is 97.2 Å². The fourth-order valence-corrected chi connectivity index (χ4v) is 3.68. The van der Waals surface area contributed by atoms with Crippen LogP contribution in [0.4, 0.5) is 4.79 Å². The summed E-state index contributed by atoms with van der Waals surface area (Å²) >= 11 is 0. The molecule has 0 aromatic heterocycles. The van der Waals surface area contributed by atoms with Crippen LogP contribution in [0.1, 0.15) is 91.2 Å². The molecule has 0 aliphatic carbocycles. The zero-order valence-electron chi connectivity index (χ0n) is 22.5. The van der Waals surface area contributed by atoms with Gasteiger partial charge in [0.15, 0.2) is 0 Å². The summed E-state index contributed by atoms with van der Waals surface area (Å²) in [5, 5.41) is 5.57. The molecule has 0 radical (unpaired) electrons. The molecule has 0 aliphatic rings. The molecule has 0 bridgehead atoms. The third-order valence-corrected chi connectivity index (χ3v) is 5.46. The molecular weight excluding hydrogens is 460 g/mol. The van der Waals surface area contributed by atoms with Gasteiger partial charge < -0.3 is 26.0 Å². The largest absolute Gasteiger partial charge is 0.444 e. The highest BCUT2D eigenvalue weighted by atomic mass is 16.6. The lowest BCUT2D eigenvalue weighted by Crippen LogP contribution is -2.53. The van der Waals surface area contributed by atoms with Gasteiger partial charge in [0.1, 0.15) is 17.7 Å². The van der Waals surface area contributed by atoms with Gasteiger partial charge in [0, 0.05) is 19.5 Å². The first-order chi connectivity index (χ1) is 17.0. The summed E-state index contributed by atoms with van der Waals surface area (Å²) in [6.45, 7) is 10.0. The molecule has 9 heteroatoms. The van der Waals surface area contributed by atoms with E-state index >= 15 is 0 Å². The molecule has 4 amide bonds. The fourth-order valence-electron chi connectivity index (χ4n) is 3.68. The van der Waals surface area contributed by atoms with Crippen molar-refractivity contribution >= 4 is 23.8 Å². The summed E-state index contributed by atoms with van der Waals surface area (Å²) in [6, 6.07) is 7.13. The molecule has 9 nitrogen and oxygen atoms in total. The lowest BCUT2D eigenvalue weighted by molar-refractivity contribution is -0.142. The number of primary amides is 1. The Balaban J connectivity index is 3.33. The molecular formula is C27H44N4O5. The monoisotopic (exact) mass is 504 g/mol. The number of carbonyl (C=O) groups excluding carboxylic acids is 4. The van der Waals surface area contributed by atoms with Crippen LogP contribution in [0.5, 0.6) is 0 Å². The van der Waals surface area contributed by atoms with E-state index in [0.29, 0.717) is 25.1 Å². The van der Waals surface area contributed by atoms with Gasteiger partial charge >= 0.3 is 6.09 Å². The van der Waals surface area contributed by atoms with Crippen molar-refractivity contribution in [2.24, 2.45) is 5.73 Å². The molecule has 1 aromatic rings. The maximum absolute atomic E-state index is 13.9. The highest BCUT2D eigenvalue weighted by Crippen LogP contribution is 2.24. The summed E-state index contributed by atoms with van der Waals surface area (Å²) in [4.78, 5) is 52.8. The zero-order valence-corrected chi connectivity index (χ0v) is 22.5. The van der Waals surface area contributed by atoms with E-state index in [-0.39, 0.29) is 18.7 Å². The molecule has 0 heterocycles. The molecule has 36 heavy (non-hydrogen) atoms. The highest BCUT2D eigenvalue weighted by molar-refractivity contribution is 5.92. The number of nitrogens with one attached hydrogen (secondary N) is 2. The number of amides is 4. The average Bonchev–Trinajstić information content (AvgIpc) is 2.80. The second-order valence-corrected chi connectivity index (χ2v) is 9.90. The van der Waals surface area contributed by atoms with Crippen molar-refractivity contribution < 1.29 is 23.9 Å². The van der Waals surface area contributed by atoms with Gasteiger partial charge in [-0.15, -0.1) is 0 Å². The molecule has 0 fully saturated rings. The Morgan fingerprint density at radius 3 is 2.19 bits per heavy atom. The first kappa shape index (κ1) is 30.9. The lowest BCUT2D eigenvalue weighted by Gasteiger charge is -2.34. The van der Waals surface area contributed by atoms with Gasteiger partial charge in [-0.1, -0.05) is 63.4 Å². The van der Waals surface area contributed by atoms with Crippen LogP contribution in [0, 0.1) is 0 Å². The predicted octanol–water partition coefficient (Wildman–Crippen LogP) is 3.82. The lowest BCUT2D eigenvalue weighted by atomic mass is 10.0. The number of nitrogens with zero attached hydrogens (tertiary/aromatic N) is 1. The van der Waals surface area contributed by atoms with E-state index in [2.05, 4.69) is 17.6 Å². The van der Waals surface area contributed by atoms with Crippen LogP contribution in [-0.2, 0) is 19.1 Å². The topological polar surface area (TPSA) is 131 Å². The van der Waals surface area contributed by atoms with Crippen molar-refractivity contribution in [2.75, 3.05) is 13.1 Å². The van der Waals surface area contributed by atoms with E-state index in [1.807, 2.05) is 37.3 Å². The maximum Gasteiger partial charge on any atom is 0.408 e. The van der Waals surface area contributed by atoms with E-state index in [1.54, 1.807) is 20.8 Å². The minimum Gasteiger partial charge on any atom is -0.444 e. The fraction of sp³-hybridized carbons (Fsp3) is 0.630. The Hall–Kier alpha value is -3.10. The molecule has 1 aromatic carbocycles. The molecule has 0 saturated carbocycles. The highest BCUT2D eigenvalue weighted by Gasteiger charge is 2.36. The normalized spacial score (nSPS) is 12.8. The molecule has 1 rings (SSSR count). The Morgan fingerprint density at radius 2 is 1.64 bits per heavy atom. The van der Waals surface area contributed by atoms with E-state index in [9.17, 15) is 19.2 Å². The number of hydrogen-bond acceptors (Lipinski definition) is 5. The molecule has 202 valence electrons. The van der Waals surface area contributed by atoms with Gasteiger partial charge in [0.2, 0.25) is 17.7 Å². The van der Waals surface area contributed by atoms with Gasteiger partial charge in [-0.3, -0.25) is 14.4 Å². The van der Waals surface area contributed by atoms with Gasteiger partial charge in [0.25, 0.3) is 0 Å². The van der Waals surface area contributed by atoms with Crippen LogP contribution in [0.3, 0.4) is 0 Å². The van der Waals surface area contributed by atoms with Crippen LogP contribution in [0.25, 0.3) is 0 Å². The Kier molecular flexibility index (Phi) is 13.6. The van der Waals surface area contributed by atoms with Crippen molar-refractivity contribution in [1.82, 2.24) is 15.5 Å². The minimum absolute atomic E-state index is 0.00430. The third kappa shape index (κ3) is 11.6. The smallest absolute Gasteiger partial charge is 0.408 e. The van der Waals surface area contributed by atoms with Crippen molar-refractivity contribution in [1.29, 1.82) is 0 Å². The first-order valence-corrected chi connectivity index (χ1v) is 12.9. The van der Waals surface area contributed by atoms with E-state index in [0.717, 1.165) is 25.7 Å². The summed E-state index contributed by atoms with van der Waals surface area (Å²) < 4.78 is 5.34. The number of alkyl carbamates (subject to hydrolysis) is 1. The van der Waals surface area contributed by atoms with Gasteiger partial charge in [-0.05, 0) is 45.6 Å².